The zero-order valence-electron chi connectivity index (χ0n) is 10.7. The van der Waals surface area contributed by atoms with Crippen LogP contribution in [0.2, 0.25) is 5.02 Å². The number of aryl methyl sites for hydroxylation is 1. The molecular weight excluding hydrogens is 262 g/mol. The van der Waals surface area contributed by atoms with Crippen LogP contribution < -0.4 is 10.5 Å². The molecule has 2 rings (SSSR count). The van der Waals surface area contributed by atoms with Crippen LogP contribution in [-0.4, -0.2) is 5.78 Å². The van der Waals surface area contributed by atoms with Gasteiger partial charge in [0.05, 0.1) is 5.02 Å². The van der Waals surface area contributed by atoms with Crippen molar-refractivity contribution in [2.45, 2.75) is 13.8 Å². The monoisotopic (exact) mass is 275 g/mol. The number of carbonyl (C=O) groups excluding carboxylic acids is 1. The number of halogens is 1. The molecule has 0 saturated heterocycles. The van der Waals surface area contributed by atoms with Crippen LogP contribution in [-0.2, 0) is 0 Å². The molecule has 0 aliphatic carbocycles. The Morgan fingerprint density at radius 2 is 1.95 bits per heavy atom. The Hall–Kier alpha value is -2.00. The SMILES string of the molecule is CC(=O)c1ccc(Oc2ccc(C)cc2Cl)cc1N. The highest BCUT2D eigenvalue weighted by molar-refractivity contribution is 6.32. The van der Waals surface area contributed by atoms with Gasteiger partial charge in [0.1, 0.15) is 11.5 Å². The molecule has 0 aromatic heterocycles. The van der Waals surface area contributed by atoms with Crippen molar-refractivity contribution in [2.75, 3.05) is 5.73 Å². The Morgan fingerprint density at radius 1 is 1.21 bits per heavy atom. The van der Waals surface area contributed by atoms with Crippen molar-refractivity contribution in [3.63, 3.8) is 0 Å². The van der Waals surface area contributed by atoms with E-state index in [9.17, 15) is 4.79 Å². The first-order chi connectivity index (χ1) is 8.97. The van der Waals surface area contributed by atoms with E-state index in [1.165, 1.54) is 6.92 Å². The van der Waals surface area contributed by atoms with Crippen molar-refractivity contribution >= 4 is 23.1 Å². The molecule has 3 nitrogen and oxygen atoms in total. The molecule has 0 aliphatic rings. The molecule has 4 heteroatoms. The van der Waals surface area contributed by atoms with Crippen LogP contribution in [0.1, 0.15) is 22.8 Å². The maximum Gasteiger partial charge on any atom is 0.161 e. The summed E-state index contributed by atoms with van der Waals surface area (Å²) in [4.78, 5) is 11.3. The van der Waals surface area contributed by atoms with E-state index in [1.807, 2.05) is 19.1 Å². The van der Waals surface area contributed by atoms with Crippen LogP contribution in [0.3, 0.4) is 0 Å². The number of benzene rings is 2. The van der Waals surface area contributed by atoms with Gasteiger partial charge in [-0.25, -0.2) is 0 Å². The van der Waals surface area contributed by atoms with E-state index < -0.39 is 0 Å². The maximum absolute atomic E-state index is 11.3. The molecule has 0 radical (unpaired) electrons. The van der Waals surface area contributed by atoms with Gasteiger partial charge in [-0.1, -0.05) is 17.7 Å². The van der Waals surface area contributed by atoms with Gasteiger partial charge in [0.25, 0.3) is 0 Å². The minimum atomic E-state index is -0.0718. The molecule has 98 valence electrons. The number of rotatable bonds is 3. The number of Topliss-reactive ketones (excluding diaryl/α,β-unsaturated/α-hetero) is 1. The van der Waals surface area contributed by atoms with Gasteiger partial charge < -0.3 is 10.5 Å². The van der Waals surface area contributed by atoms with Crippen molar-refractivity contribution in [1.29, 1.82) is 0 Å². The van der Waals surface area contributed by atoms with Crippen LogP contribution in [0, 0.1) is 6.92 Å². The number of ketones is 1. The number of anilines is 1. The summed E-state index contributed by atoms with van der Waals surface area (Å²) in [6.45, 7) is 3.43. The number of nitrogens with two attached hydrogens (primary N) is 1. The number of nitrogen functional groups attached to an aromatic ring is 1. The van der Waals surface area contributed by atoms with Crippen LogP contribution in [0.15, 0.2) is 36.4 Å². The fraction of sp³-hybridized carbons (Fsp3) is 0.133. The van der Waals surface area contributed by atoms with E-state index in [1.54, 1.807) is 24.3 Å². The maximum atomic E-state index is 11.3. The van der Waals surface area contributed by atoms with Crippen molar-refractivity contribution < 1.29 is 9.53 Å². The first kappa shape index (κ1) is 13.4. The quantitative estimate of drug-likeness (QED) is 0.674. The van der Waals surface area contributed by atoms with Gasteiger partial charge in [0.15, 0.2) is 5.78 Å². The summed E-state index contributed by atoms with van der Waals surface area (Å²) >= 11 is 6.09. The predicted octanol–water partition coefficient (Wildman–Crippen LogP) is 4.23. The van der Waals surface area contributed by atoms with Crippen LogP contribution in [0.4, 0.5) is 5.69 Å². The highest BCUT2D eigenvalue weighted by Crippen LogP contribution is 2.31. The zero-order chi connectivity index (χ0) is 14.0. The Morgan fingerprint density at radius 3 is 2.53 bits per heavy atom. The lowest BCUT2D eigenvalue weighted by Gasteiger charge is -2.10. The highest BCUT2D eigenvalue weighted by Gasteiger charge is 2.08. The molecule has 0 atom stereocenters. The molecule has 2 N–H and O–H groups in total. The number of hydrogen-bond acceptors (Lipinski definition) is 3. The number of ether oxygens (including phenoxy) is 1. The van der Waals surface area contributed by atoms with Crippen molar-refractivity contribution in [3.8, 4) is 11.5 Å². The summed E-state index contributed by atoms with van der Waals surface area (Å²) in [6, 6.07) is 10.5. The molecule has 0 bridgehead atoms. The standard InChI is InChI=1S/C15H14ClNO2/c1-9-3-6-15(13(16)7-9)19-11-4-5-12(10(2)18)14(17)8-11/h3-8H,17H2,1-2H3. The lowest BCUT2D eigenvalue weighted by molar-refractivity contribution is 0.101. The molecule has 2 aromatic rings. The van der Waals surface area contributed by atoms with Gasteiger partial charge in [-0.2, -0.15) is 0 Å². The van der Waals surface area contributed by atoms with Crippen LogP contribution in [0.5, 0.6) is 11.5 Å². The molecule has 0 unspecified atom stereocenters. The second kappa shape index (κ2) is 5.33. The van der Waals surface area contributed by atoms with E-state index in [2.05, 4.69) is 0 Å². The first-order valence-corrected chi connectivity index (χ1v) is 6.19. The fourth-order valence-corrected chi connectivity index (χ4v) is 2.01. The fourth-order valence-electron chi connectivity index (χ4n) is 1.74. The average molecular weight is 276 g/mol. The van der Waals surface area contributed by atoms with Crippen molar-refractivity contribution in [1.82, 2.24) is 0 Å². The second-order valence-electron chi connectivity index (χ2n) is 4.34. The van der Waals surface area contributed by atoms with Crippen molar-refractivity contribution in [2.24, 2.45) is 0 Å². The third-order valence-electron chi connectivity index (χ3n) is 2.72. The highest BCUT2D eigenvalue weighted by atomic mass is 35.5. The van der Waals surface area contributed by atoms with Gasteiger partial charge in [-0.05, 0) is 43.7 Å². The predicted molar refractivity (Wildman–Crippen MR) is 77.1 cm³/mol. The van der Waals surface area contributed by atoms with E-state index >= 15 is 0 Å². The van der Waals surface area contributed by atoms with Crippen LogP contribution in [0.25, 0.3) is 0 Å². The number of carbonyl (C=O) groups is 1. The summed E-state index contributed by atoms with van der Waals surface area (Å²) < 4.78 is 5.66. The zero-order valence-corrected chi connectivity index (χ0v) is 11.5. The molecule has 0 fully saturated rings. The van der Waals surface area contributed by atoms with E-state index in [-0.39, 0.29) is 5.78 Å². The smallest absolute Gasteiger partial charge is 0.161 e. The lowest BCUT2D eigenvalue weighted by atomic mass is 10.1. The Kier molecular flexibility index (Phi) is 3.76. The third-order valence-corrected chi connectivity index (χ3v) is 3.01. The summed E-state index contributed by atoms with van der Waals surface area (Å²) in [5.41, 5.74) is 7.75. The summed E-state index contributed by atoms with van der Waals surface area (Å²) in [6.07, 6.45) is 0. The van der Waals surface area contributed by atoms with Gasteiger partial charge in [0.2, 0.25) is 0 Å². The van der Waals surface area contributed by atoms with Crippen LogP contribution >= 0.6 is 11.6 Å². The molecule has 0 spiro atoms. The lowest BCUT2D eigenvalue weighted by Crippen LogP contribution is -1.99. The molecular formula is C15H14ClNO2. The average Bonchev–Trinajstić information content (AvgIpc) is 2.32. The van der Waals surface area contributed by atoms with E-state index in [4.69, 9.17) is 22.1 Å². The Labute approximate surface area is 117 Å². The molecule has 19 heavy (non-hydrogen) atoms. The second-order valence-corrected chi connectivity index (χ2v) is 4.75. The summed E-state index contributed by atoms with van der Waals surface area (Å²) in [7, 11) is 0. The van der Waals surface area contributed by atoms with Gasteiger partial charge in [-0.15, -0.1) is 0 Å². The minimum Gasteiger partial charge on any atom is -0.456 e. The topological polar surface area (TPSA) is 52.3 Å². The molecule has 2 aromatic carbocycles. The molecule has 0 aliphatic heterocycles. The van der Waals surface area contributed by atoms with Gasteiger partial charge in [-0.3, -0.25) is 4.79 Å². The Bertz CT molecular complexity index is 638. The van der Waals surface area contributed by atoms with Gasteiger partial charge >= 0.3 is 0 Å². The molecule has 0 heterocycles. The Balaban J connectivity index is 2.29. The number of hydrogen-bond donors (Lipinski definition) is 1. The van der Waals surface area contributed by atoms with E-state index in [0.29, 0.717) is 27.8 Å². The summed E-state index contributed by atoms with van der Waals surface area (Å²) in [5.74, 6) is 1.04. The third kappa shape index (κ3) is 3.06. The van der Waals surface area contributed by atoms with E-state index in [0.717, 1.165) is 5.56 Å². The van der Waals surface area contributed by atoms with Gasteiger partial charge in [0, 0.05) is 17.3 Å². The molecule has 0 saturated carbocycles. The molecule has 0 amide bonds. The summed E-state index contributed by atoms with van der Waals surface area (Å²) in [5, 5.41) is 0.536. The first-order valence-electron chi connectivity index (χ1n) is 5.82. The largest absolute Gasteiger partial charge is 0.456 e. The minimum absolute atomic E-state index is 0.0718. The van der Waals surface area contributed by atoms with Crippen molar-refractivity contribution in [3.05, 3.63) is 52.5 Å². The normalized spacial score (nSPS) is 10.3.